The highest BCUT2D eigenvalue weighted by molar-refractivity contribution is 8.03. The molecular formula is C22H21N3O2S. The summed E-state index contributed by atoms with van der Waals surface area (Å²) in [6.07, 6.45) is 0.273. The van der Waals surface area contributed by atoms with Crippen LogP contribution in [0.25, 0.3) is 0 Å². The van der Waals surface area contributed by atoms with E-state index < -0.39 is 0 Å². The molecule has 4 rings (SSSR count). The molecule has 0 bridgehead atoms. The number of rotatable bonds is 3. The number of hydrogen-bond acceptors (Lipinski definition) is 5. The van der Waals surface area contributed by atoms with Gasteiger partial charge in [-0.05, 0) is 24.6 Å². The van der Waals surface area contributed by atoms with Crippen molar-refractivity contribution in [3.05, 3.63) is 70.3 Å². The number of ether oxygens (including phenoxy) is 1. The van der Waals surface area contributed by atoms with Gasteiger partial charge in [-0.1, -0.05) is 48.2 Å². The number of benzene rings is 2. The number of nitrogens with zero attached hydrogens (tertiary/aromatic N) is 3. The quantitative estimate of drug-likeness (QED) is 0.784. The van der Waals surface area contributed by atoms with Gasteiger partial charge in [-0.3, -0.25) is 9.69 Å². The van der Waals surface area contributed by atoms with Crippen LogP contribution in [0, 0.1) is 18.3 Å². The van der Waals surface area contributed by atoms with E-state index in [2.05, 4.69) is 30.0 Å². The van der Waals surface area contributed by atoms with E-state index in [1.807, 2.05) is 36.4 Å². The van der Waals surface area contributed by atoms with E-state index >= 15 is 0 Å². The number of hydrogen-bond donors (Lipinski definition) is 0. The minimum atomic E-state index is -0.266. The van der Waals surface area contributed by atoms with Gasteiger partial charge in [0.05, 0.1) is 36.3 Å². The Morgan fingerprint density at radius 3 is 2.68 bits per heavy atom. The number of carbonyl (C=O) groups excluding carboxylic acids is 1. The summed E-state index contributed by atoms with van der Waals surface area (Å²) in [5.41, 5.74) is 3.84. The lowest BCUT2D eigenvalue weighted by Gasteiger charge is -2.42. The monoisotopic (exact) mass is 391 g/mol. The van der Waals surface area contributed by atoms with Crippen LogP contribution in [0.3, 0.4) is 0 Å². The molecule has 0 aliphatic carbocycles. The number of amides is 1. The third kappa shape index (κ3) is 3.12. The Balaban J connectivity index is 1.71. The molecule has 1 atom stereocenters. The molecule has 0 radical (unpaired) electrons. The molecule has 0 spiro atoms. The molecule has 0 N–H and O–H groups in total. The van der Waals surface area contributed by atoms with Crippen molar-refractivity contribution in [3.8, 4) is 11.8 Å². The van der Waals surface area contributed by atoms with E-state index in [-0.39, 0.29) is 18.2 Å². The van der Waals surface area contributed by atoms with Crippen molar-refractivity contribution in [2.75, 3.05) is 24.6 Å². The van der Waals surface area contributed by atoms with Crippen LogP contribution in [-0.4, -0.2) is 30.5 Å². The van der Waals surface area contributed by atoms with Crippen LogP contribution in [0.1, 0.15) is 23.5 Å². The third-order valence-corrected chi connectivity index (χ3v) is 6.42. The minimum absolute atomic E-state index is 0.0377. The van der Waals surface area contributed by atoms with Crippen LogP contribution < -0.4 is 9.64 Å². The molecule has 2 aromatic carbocycles. The highest BCUT2D eigenvalue weighted by Gasteiger charge is 2.39. The molecule has 2 aromatic rings. The summed E-state index contributed by atoms with van der Waals surface area (Å²) >= 11 is 1.55. The second-order valence-electron chi connectivity index (χ2n) is 6.89. The van der Waals surface area contributed by atoms with Gasteiger partial charge in [0.2, 0.25) is 5.91 Å². The van der Waals surface area contributed by atoms with Crippen molar-refractivity contribution in [2.24, 2.45) is 0 Å². The number of allylic oxidation sites excluding steroid dienone is 1. The highest BCUT2D eigenvalue weighted by Crippen LogP contribution is 2.45. The van der Waals surface area contributed by atoms with Gasteiger partial charge in [0.25, 0.3) is 0 Å². The minimum Gasteiger partial charge on any atom is -0.496 e. The molecule has 1 amide bonds. The normalized spacial score (nSPS) is 19.3. The zero-order valence-corrected chi connectivity index (χ0v) is 16.7. The van der Waals surface area contributed by atoms with Crippen molar-refractivity contribution in [2.45, 2.75) is 19.3 Å². The van der Waals surface area contributed by atoms with Crippen molar-refractivity contribution < 1.29 is 9.53 Å². The van der Waals surface area contributed by atoms with E-state index in [9.17, 15) is 10.1 Å². The second kappa shape index (κ2) is 7.61. The Labute approximate surface area is 169 Å². The van der Waals surface area contributed by atoms with Gasteiger partial charge in [-0.2, -0.15) is 5.26 Å². The number of nitriles is 1. The zero-order valence-electron chi connectivity index (χ0n) is 15.9. The molecule has 0 aromatic heterocycles. The fourth-order valence-corrected chi connectivity index (χ4v) is 5.01. The Morgan fingerprint density at radius 2 is 1.93 bits per heavy atom. The highest BCUT2D eigenvalue weighted by atomic mass is 32.2. The predicted octanol–water partition coefficient (Wildman–Crippen LogP) is 4.22. The average Bonchev–Trinajstić information content (AvgIpc) is 2.74. The summed E-state index contributed by atoms with van der Waals surface area (Å²) in [5.74, 6) is 1.19. The van der Waals surface area contributed by atoms with Crippen LogP contribution >= 0.6 is 11.8 Å². The zero-order chi connectivity index (χ0) is 19.7. The lowest BCUT2D eigenvalue weighted by atomic mass is 9.86. The summed E-state index contributed by atoms with van der Waals surface area (Å²) in [5, 5.41) is 10.7. The number of para-hydroxylation sites is 2. The molecule has 0 saturated carbocycles. The van der Waals surface area contributed by atoms with Crippen molar-refractivity contribution in [1.82, 2.24) is 4.90 Å². The largest absolute Gasteiger partial charge is 0.496 e. The van der Waals surface area contributed by atoms with Gasteiger partial charge in [0.15, 0.2) is 0 Å². The second-order valence-corrected chi connectivity index (χ2v) is 7.83. The van der Waals surface area contributed by atoms with E-state index in [1.165, 1.54) is 5.56 Å². The molecule has 1 saturated heterocycles. The predicted molar refractivity (Wildman–Crippen MR) is 111 cm³/mol. The van der Waals surface area contributed by atoms with Gasteiger partial charge < -0.3 is 9.64 Å². The Kier molecular flexibility index (Phi) is 5.01. The number of carbonyl (C=O) groups is 1. The first-order valence-corrected chi connectivity index (χ1v) is 10.1. The molecule has 2 aliphatic rings. The fourth-order valence-electron chi connectivity index (χ4n) is 3.85. The van der Waals surface area contributed by atoms with Crippen molar-refractivity contribution >= 4 is 23.4 Å². The van der Waals surface area contributed by atoms with E-state index in [0.717, 1.165) is 16.3 Å². The van der Waals surface area contributed by atoms with Gasteiger partial charge in [-0.15, -0.1) is 0 Å². The number of methoxy groups -OCH3 is 1. The van der Waals surface area contributed by atoms with Crippen LogP contribution in [0.2, 0.25) is 0 Å². The van der Waals surface area contributed by atoms with E-state index in [0.29, 0.717) is 23.9 Å². The molecule has 142 valence electrons. The third-order valence-electron chi connectivity index (χ3n) is 5.26. The molecule has 1 unspecified atom stereocenters. The first kappa shape index (κ1) is 18.5. The summed E-state index contributed by atoms with van der Waals surface area (Å²) in [4.78, 5) is 17.0. The smallest absolute Gasteiger partial charge is 0.229 e. The van der Waals surface area contributed by atoms with Gasteiger partial charge >= 0.3 is 0 Å². The molecular weight excluding hydrogens is 370 g/mol. The molecule has 28 heavy (non-hydrogen) atoms. The summed E-state index contributed by atoms with van der Waals surface area (Å²) in [6, 6.07) is 18.2. The SMILES string of the molecule is COc1ccccc1C1CC(=O)N2CN(c3ccccc3C)CSC2=C1C#N. The number of thioether (sulfide) groups is 1. The van der Waals surface area contributed by atoms with Gasteiger partial charge in [0, 0.05) is 23.6 Å². The molecule has 6 heteroatoms. The fraction of sp³-hybridized carbons (Fsp3) is 0.273. The lowest BCUT2D eigenvalue weighted by Crippen LogP contribution is -2.47. The summed E-state index contributed by atoms with van der Waals surface area (Å²) < 4.78 is 5.48. The number of anilines is 1. The van der Waals surface area contributed by atoms with Crippen LogP contribution in [-0.2, 0) is 4.79 Å². The van der Waals surface area contributed by atoms with Crippen molar-refractivity contribution in [1.29, 1.82) is 5.26 Å². The molecule has 1 fully saturated rings. The van der Waals surface area contributed by atoms with Crippen LogP contribution in [0.15, 0.2) is 59.1 Å². The average molecular weight is 391 g/mol. The molecule has 2 heterocycles. The first-order chi connectivity index (χ1) is 13.6. The van der Waals surface area contributed by atoms with Crippen LogP contribution in [0.4, 0.5) is 5.69 Å². The molecule has 5 nitrogen and oxygen atoms in total. The maximum absolute atomic E-state index is 13.0. The van der Waals surface area contributed by atoms with Crippen LogP contribution in [0.5, 0.6) is 5.75 Å². The standard InChI is InChI=1S/C22H21N3O2S/c1-15-7-3-5-9-19(15)24-13-25-21(26)11-17(18(12-23)22(25)28-14-24)16-8-4-6-10-20(16)27-2/h3-10,17H,11,13-14H2,1-2H3. The van der Waals surface area contributed by atoms with Crippen molar-refractivity contribution in [3.63, 3.8) is 0 Å². The van der Waals surface area contributed by atoms with E-state index in [1.54, 1.807) is 23.8 Å². The van der Waals surface area contributed by atoms with Gasteiger partial charge in [0.1, 0.15) is 5.75 Å². The summed E-state index contributed by atoms with van der Waals surface area (Å²) in [6.45, 7) is 2.54. The van der Waals surface area contributed by atoms with E-state index in [4.69, 9.17) is 4.74 Å². The Hall–Kier alpha value is -2.91. The maximum Gasteiger partial charge on any atom is 0.229 e. The molecule has 2 aliphatic heterocycles. The lowest BCUT2D eigenvalue weighted by molar-refractivity contribution is -0.129. The number of fused-ring (bicyclic) bond motifs is 1. The first-order valence-electron chi connectivity index (χ1n) is 9.15. The Bertz CT molecular complexity index is 995. The number of aryl methyl sites for hydroxylation is 1. The maximum atomic E-state index is 13.0. The summed E-state index contributed by atoms with van der Waals surface area (Å²) in [7, 11) is 1.62. The topological polar surface area (TPSA) is 56.6 Å². The Morgan fingerprint density at radius 1 is 1.18 bits per heavy atom. The van der Waals surface area contributed by atoms with Gasteiger partial charge in [-0.25, -0.2) is 0 Å².